The molecule has 2 unspecified atom stereocenters. The summed E-state index contributed by atoms with van der Waals surface area (Å²) in [6, 6.07) is 16.3. The summed E-state index contributed by atoms with van der Waals surface area (Å²) in [6.45, 7) is 0.208. The van der Waals surface area contributed by atoms with Gasteiger partial charge in [0.2, 0.25) is 5.91 Å². The Morgan fingerprint density at radius 3 is 2.03 bits per heavy atom. The summed E-state index contributed by atoms with van der Waals surface area (Å²) < 4.78 is 5.73. The van der Waals surface area contributed by atoms with Crippen molar-refractivity contribution in [2.75, 3.05) is 6.61 Å². The molecule has 2 aliphatic heterocycles. The third-order valence-corrected chi connectivity index (χ3v) is 8.62. The van der Waals surface area contributed by atoms with Crippen molar-refractivity contribution in [2.45, 2.75) is 68.5 Å². The van der Waals surface area contributed by atoms with Crippen LogP contribution in [0.5, 0.6) is 0 Å². The van der Waals surface area contributed by atoms with Crippen LogP contribution in [0.2, 0.25) is 0 Å². The van der Waals surface area contributed by atoms with E-state index in [0.717, 1.165) is 30.4 Å². The normalized spacial score (nSPS) is 25.8. The topological polar surface area (TPSA) is 95.9 Å². The average Bonchev–Trinajstić information content (AvgIpc) is 3.30. The van der Waals surface area contributed by atoms with E-state index >= 15 is 0 Å². The van der Waals surface area contributed by atoms with E-state index in [0.29, 0.717) is 25.7 Å². The molecule has 1 saturated carbocycles. The van der Waals surface area contributed by atoms with Gasteiger partial charge < -0.3 is 20.1 Å². The molecule has 0 radical (unpaired) electrons. The second-order valence-electron chi connectivity index (χ2n) is 10.5. The maximum Gasteiger partial charge on any atom is 0.408 e. The molecular formula is C28H30N2O5. The van der Waals surface area contributed by atoms with E-state index in [-0.39, 0.29) is 36.4 Å². The molecule has 7 nitrogen and oxygen atoms in total. The Hall–Kier alpha value is -3.35. The molecule has 2 bridgehead atoms. The summed E-state index contributed by atoms with van der Waals surface area (Å²) in [4.78, 5) is 40.0. The zero-order valence-corrected chi connectivity index (χ0v) is 19.6. The number of aliphatic carboxylic acids is 1. The van der Waals surface area contributed by atoms with Gasteiger partial charge in [-0.1, -0.05) is 48.5 Å². The van der Waals surface area contributed by atoms with Gasteiger partial charge in [0.15, 0.2) is 0 Å². The average molecular weight is 475 g/mol. The quantitative estimate of drug-likeness (QED) is 0.674. The molecule has 2 aromatic rings. The fourth-order valence-corrected chi connectivity index (χ4v) is 6.71. The Balaban J connectivity index is 1.14. The van der Waals surface area contributed by atoms with Gasteiger partial charge in [0.05, 0.1) is 5.92 Å². The first-order valence-corrected chi connectivity index (χ1v) is 12.7. The van der Waals surface area contributed by atoms with E-state index < -0.39 is 17.6 Å². The maximum atomic E-state index is 13.7. The first-order chi connectivity index (χ1) is 17.0. The number of ether oxygens (including phenoxy) is 1. The van der Waals surface area contributed by atoms with Gasteiger partial charge in [0.1, 0.15) is 12.1 Å². The van der Waals surface area contributed by atoms with Crippen LogP contribution in [0, 0.1) is 5.92 Å². The number of carbonyl (C=O) groups is 3. The molecule has 7 heteroatoms. The van der Waals surface area contributed by atoms with Crippen LogP contribution in [-0.4, -0.2) is 52.2 Å². The Morgan fingerprint density at radius 1 is 0.943 bits per heavy atom. The smallest absolute Gasteiger partial charge is 0.408 e. The number of alkyl carbamates (subject to hydrolysis) is 1. The number of piperidine rings is 1. The fourth-order valence-electron chi connectivity index (χ4n) is 6.71. The predicted molar refractivity (Wildman–Crippen MR) is 129 cm³/mol. The zero-order valence-electron chi connectivity index (χ0n) is 19.6. The van der Waals surface area contributed by atoms with Gasteiger partial charge in [-0.05, 0) is 67.2 Å². The lowest BCUT2D eigenvalue weighted by Gasteiger charge is -2.47. The number of carbonyl (C=O) groups excluding carboxylic acids is 2. The highest BCUT2D eigenvalue weighted by atomic mass is 16.5. The van der Waals surface area contributed by atoms with E-state index in [1.807, 2.05) is 29.2 Å². The first-order valence-electron chi connectivity index (χ1n) is 12.7. The minimum Gasteiger partial charge on any atom is -0.481 e. The third-order valence-electron chi connectivity index (χ3n) is 8.62. The summed E-state index contributed by atoms with van der Waals surface area (Å²) >= 11 is 0. The SMILES string of the molecule is O=C(NC1(C(=O)N2C3CCC2CC(C(=O)O)C3)CCC1)OCC1c2ccccc2-c2ccccc21. The largest absolute Gasteiger partial charge is 0.481 e. The Bertz CT molecular complexity index is 1130. The van der Waals surface area contributed by atoms with Gasteiger partial charge >= 0.3 is 12.1 Å². The van der Waals surface area contributed by atoms with Crippen molar-refractivity contribution < 1.29 is 24.2 Å². The number of rotatable bonds is 5. The highest BCUT2D eigenvalue weighted by molar-refractivity contribution is 5.92. The van der Waals surface area contributed by atoms with E-state index in [4.69, 9.17) is 4.74 Å². The molecule has 2 saturated heterocycles. The van der Waals surface area contributed by atoms with E-state index in [9.17, 15) is 19.5 Å². The number of hydrogen-bond acceptors (Lipinski definition) is 4. The molecule has 0 aromatic heterocycles. The van der Waals surface area contributed by atoms with Crippen molar-refractivity contribution >= 4 is 18.0 Å². The second kappa shape index (κ2) is 8.40. The number of hydrogen-bond donors (Lipinski definition) is 2. The van der Waals surface area contributed by atoms with Gasteiger partial charge in [-0.25, -0.2) is 4.79 Å². The number of nitrogens with zero attached hydrogens (tertiary/aromatic N) is 1. The van der Waals surface area contributed by atoms with Crippen LogP contribution in [0.15, 0.2) is 48.5 Å². The van der Waals surface area contributed by atoms with Crippen molar-refractivity contribution in [1.29, 1.82) is 0 Å². The van der Waals surface area contributed by atoms with Crippen LogP contribution in [0.25, 0.3) is 11.1 Å². The fraction of sp³-hybridized carbons (Fsp3) is 0.464. The molecule has 2 atom stereocenters. The number of carboxylic acid groups (broad SMARTS) is 1. The van der Waals surface area contributed by atoms with Crippen molar-refractivity contribution in [2.24, 2.45) is 5.92 Å². The number of carboxylic acids is 1. The number of benzene rings is 2. The summed E-state index contributed by atoms with van der Waals surface area (Å²) in [7, 11) is 0. The third kappa shape index (κ3) is 3.60. The maximum absolute atomic E-state index is 13.7. The predicted octanol–water partition coefficient (Wildman–Crippen LogP) is 4.30. The van der Waals surface area contributed by atoms with Crippen LogP contribution < -0.4 is 5.32 Å². The molecule has 2 aromatic carbocycles. The number of nitrogens with one attached hydrogen (secondary N) is 1. The molecule has 2 N–H and O–H groups in total. The van der Waals surface area contributed by atoms with Crippen molar-refractivity contribution in [3.63, 3.8) is 0 Å². The second-order valence-corrected chi connectivity index (χ2v) is 10.5. The molecule has 2 amide bonds. The lowest BCUT2D eigenvalue weighted by atomic mass is 9.74. The van der Waals surface area contributed by atoms with E-state index in [1.54, 1.807) is 0 Å². The first kappa shape index (κ1) is 22.1. The molecule has 2 aliphatic carbocycles. The molecule has 35 heavy (non-hydrogen) atoms. The monoisotopic (exact) mass is 474 g/mol. The summed E-state index contributed by atoms with van der Waals surface area (Å²) in [6.07, 6.45) is 4.16. The van der Waals surface area contributed by atoms with Gasteiger partial charge in [0.25, 0.3) is 0 Å². The summed E-state index contributed by atoms with van der Waals surface area (Å²) in [5.74, 6) is -1.26. The van der Waals surface area contributed by atoms with Crippen LogP contribution >= 0.6 is 0 Å². The molecular weight excluding hydrogens is 444 g/mol. The standard InChI is InChI=1S/C28H30N2O5/c31-25(32)17-14-18-10-11-19(15-17)30(18)26(33)28(12-5-13-28)29-27(34)35-16-24-22-8-3-1-6-20(22)21-7-2-4-9-23(21)24/h1-4,6-9,17-19,24H,5,10-16H2,(H,29,34)(H,31,32). The minimum absolute atomic E-state index is 0.0351. The minimum atomic E-state index is -0.931. The number of amides is 2. The highest BCUT2D eigenvalue weighted by Gasteiger charge is 2.54. The molecule has 6 rings (SSSR count). The lowest BCUT2D eigenvalue weighted by Crippen LogP contribution is -2.66. The van der Waals surface area contributed by atoms with Crippen LogP contribution in [0.4, 0.5) is 4.79 Å². The van der Waals surface area contributed by atoms with E-state index in [1.165, 1.54) is 11.1 Å². The highest BCUT2D eigenvalue weighted by Crippen LogP contribution is 2.45. The Kier molecular flexibility index (Phi) is 5.31. The molecule has 4 aliphatic rings. The van der Waals surface area contributed by atoms with Crippen LogP contribution in [-0.2, 0) is 14.3 Å². The van der Waals surface area contributed by atoms with Crippen molar-refractivity contribution in [1.82, 2.24) is 10.2 Å². The van der Waals surface area contributed by atoms with Crippen LogP contribution in [0.1, 0.15) is 62.0 Å². The summed E-state index contributed by atoms with van der Waals surface area (Å²) in [5, 5.41) is 12.4. The molecule has 0 spiro atoms. The van der Waals surface area contributed by atoms with Crippen LogP contribution in [0.3, 0.4) is 0 Å². The Morgan fingerprint density at radius 2 is 1.51 bits per heavy atom. The lowest BCUT2D eigenvalue weighted by molar-refractivity contribution is -0.153. The van der Waals surface area contributed by atoms with E-state index in [2.05, 4.69) is 29.6 Å². The van der Waals surface area contributed by atoms with Gasteiger partial charge in [-0.3, -0.25) is 9.59 Å². The van der Waals surface area contributed by atoms with Gasteiger partial charge in [-0.15, -0.1) is 0 Å². The molecule has 182 valence electrons. The molecule has 2 heterocycles. The summed E-state index contributed by atoms with van der Waals surface area (Å²) in [5.41, 5.74) is 3.70. The van der Waals surface area contributed by atoms with Gasteiger partial charge in [0, 0.05) is 18.0 Å². The number of fused-ring (bicyclic) bond motifs is 5. The molecule has 3 fully saturated rings. The van der Waals surface area contributed by atoms with Gasteiger partial charge in [-0.2, -0.15) is 0 Å². The zero-order chi connectivity index (χ0) is 24.2. The Labute approximate surface area is 204 Å². The van der Waals surface area contributed by atoms with Crippen molar-refractivity contribution in [3.8, 4) is 11.1 Å². The van der Waals surface area contributed by atoms with Crippen molar-refractivity contribution in [3.05, 3.63) is 59.7 Å².